The Morgan fingerprint density at radius 2 is 1.82 bits per heavy atom. The predicted molar refractivity (Wildman–Crippen MR) is 140 cm³/mol. The fourth-order valence-electron chi connectivity index (χ4n) is 4.82. The summed E-state index contributed by atoms with van der Waals surface area (Å²) in [5.41, 5.74) is 8.11. The minimum atomic E-state index is 0.107. The van der Waals surface area contributed by atoms with E-state index >= 15 is 0 Å². The van der Waals surface area contributed by atoms with Gasteiger partial charge in [-0.15, -0.1) is 0 Å². The van der Waals surface area contributed by atoms with Crippen LogP contribution in [0.3, 0.4) is 0 Å². The van der Waals surface area contributed by atoms with E-state index in [1.165, 1.54) is 19.3 Å². The van der Waals surface area contributed by atoms with Gasteiger partial charge in [-0.1, -0.05) is 58.2 Å². The molecule has 184 valence electrons. The number of nitrogens with zero attached hydrogens (tertiary/aromatic N) is 3. The van der Waals surface area contributed by atoms with Crippen molar-refractivity contribution in [3.05, 3.63) is 48.5 Å². The highest BCUT2D eigenvalue weighted by molar-refractivity contribution is 5.80. The number of carbonyl (C=O) groups excluding carboxylic acids is 1. The van der Waals surface area contributed by atoms with Gasteiger partial charge in [0, 0.05) is 31.6 Å². The maximum Gasteiger partial charge on any atom is 0.222 e. The number of ether oxygens (including phenoxy) is 1. The number of hydrogen-bond acceptors (Lipinski definition) is 4. The van der Waals surface area contributed by atoms with Crippen LogP contribution in [0.15, 0.2) is 48.5 Å². The average Bonchev–Trinajstić information content (AvgIpc) is 3.21. The van der Waals surface area contributed by atoms with Gasteiger partial charge in [-0.05, 0) is 49.9 Å². The minimum absolute atomic E-state index is 0.107. The lowest BCUT2D eigenvalue weighted by Gasteiger charge is -2.31. The highest BCUT2D eigenvalue weighted by Crippen LogP contribution is 2.32. The average molecular weight is 465 g/mol. The lowest BCUT2D eigenvalue weighted by Crippen LogP contribution is -2.38. The summed E-state index contributed by atoms with van der Waals surface area (Å²) in [6.07, 6.45) is 8.14. The van der Waals surface area contributed by atoms with Gasteiger partial charge in [0.2, 0.25) is 11.9 Å². The molecular formula is C28H40N4O2. The van der Waals surface area contributed by atoms with Gasteiger partial charge in [0.1, 0.15) is 11.5 Å². The summed E-state index contributed by atoms with van der Waals surface area (Å²) in [7, 11) is 1.97. The van der Waals surface area contributed by atoms with E-state index in [0.717, 1.165) is 48.2 Å². The second-order valence-electron chi connectivity index (χ2n) is 8.80. The topological polar surface area (TPSA) is 73.4 Å². The first-order valence-corrected chi connectivity index (χ1v) is 12.8. The standard InChI is InChI=1S/C26H34N4O2.C2H6/c1-3-19(14-17-25(31)29(2)20-10-6-4-7-11-20)30-24-18-22(15-16-23(24)28-26(30)27)32-21-12-8-5-9-13-21;1-2/h5,8-9,12-13,15-16,18-20H,3-4,6-7,10-11,14,17H2,1-2H3,(H2,27,28);1-2H3. The third-order valence-electron chi connectivity index (χ3n) is 6.71. The van der Waals surface area contributed by atoms with E-state index in [1.54, 1.807) is 0 Å². The number of anilines is 1. The summed E-state index contributed by atoms with van der Waals surface area (Å²) in [5, 5.41) is 0. The number of para-hydroxylation sites is 1. The number of nitrogen functional groups attached to an aromatic ring is 1. The molecule has 0 spiro atoms. The van der Waals surface area contributed by atoms with E-state index in [-0.39, 0.29) is 11.9 Å². The molecule has 1 atom stereocenters. The lowest BCUT2D eigenvalue weighted by atomic mass is 9.94. The van der Waals surface area contributed by atoms with Crippen molar-refractivity contribution in [3.63, 3.8) is 0 Å². The van der Waals surface area contributed by atoms with Crippen LogP contribution >= 0.6 is 0 Å². The molecule has 1 aliphatic rings. The van der Waals surface area contributed by atoms with Gasteiger partial charge in [0.15, 0.2) is 0 Å². The quantitative estimate of drug-likeness (QED) is 0.391. The van der Waals surface area contributed by atoms with Crippen molar-refractivity contribution in [2.24, 2.45) is 0 Å². The zero-order valence-corrected chi connectivity index (χ0v) is 21.2. The van der Waals surface area contributed by atoms with Crippen LogP contribution in [-0.4, -0.2) is 33.4 Å². The molecule has 0 aliphatic heterocycles. The number of rotatable bonds is 8. The Bertz CT molecular complexity index is 1040. The molecule has 1 saturated carbocycles. The Balaban J connectivity index is 0.00000158. The van der Waals surface area contributed by atoms with Crippen molar-refractivity contribution in [2.45, 2.75) is 84.2 Å². The molecular weight excluding hydrogens is 424 g/mol. The van der Waals surface area contributed by atoms with Crippen LogP contribution in [0.25, 0.3) is 11.0 Å². The molecule has 2 N–H and O–H groups in total. The fourth-order valence-corrected chi connectivity index (χ4v) is 4.82. The molecule has 1 aliphatic carbocycles. The molecule has 1 unspecified atom stereocenters. The molecule has 3 aromatic rings. The molecule has 0 radical (unpaired) electrons. The number of carbonyl (C=O) groups is 1. The first-order chi connectivity index (χ1) is 16.6. The van der Waals surface area contributed by atoms with Crippen molar-refractivity contribution in [2.75, 3.05) is 12.8 Å². The largest absolute Gasteiger partial charge is 0.457 e. The predicted octanol–water partition coefficient (Wildman–Crippen LogP) is 6.96. The van der Waals surface area contributed by atoms with Gasteiger partial charge in [0.05, 0.1) is 11.0 Å². The fraction of sp³-hybridized carbons (Fsp3) is 0.500. The SMILES string of the molecule is CC.CCC(CCC(=O)N(C)C1CCCCC1)n1c(N)nc2ccc(Oc3ccccc3)cc21. The first kappa shape index (κ1) is 25.6. The smallest absolute Gasteiger partial charge is 0.222 e. The van der Waals surface area contributed by atoms with Crippen LogP contribution in [0.5, 0.6) is 11.5 Å². The van der Waals surface area contributed by atoms with Crippen LogP contribution < -0.4 is 10.5 Å². The zero-order chi connectivity index (χ0) is 24.5. The third-order valence-corrected chi connectivity index (χ3v) is 6.71. The van der Waals surface area contributed by atoms with Crippen LogP contribution in [0, 0.1) is 0 Å². The van der Waals surface area contributed by atoms with Gasteiger partial charge in [-0.25, -0.2) is 4.98 Å². The van der Waals surface area contributed by atoms with Crippen molar-refractivity contribution in [1.82, 2.24) is 14.5 Å². The Hall–Kier alpha value is -3.02. The van der Waals surface area contributed by atoms with Crippen molar-refractivity contribution in [3.8, 4) is 11.5 Å². The Kier molecular flexibility index (Phi) is 9.37. The van der Waals surface area contributed by atoms with Gasteiger partial charge < -0.3 is 19.9 Å². The molecule has 0 bridgehead atoms. The van der Waals surface area contributed by atoms with Gasteiger partial charge in [-0.3, -0.25) is 4.79 Å². The summed E-state index contributed by atoms with van der Waals surface area (Å²) < 4.78 is 8.09. The van der Waals surface area contributed by atoms with Crippen LogP contribution in [0.2, 0.25) is 0 Å². The summed E-state index contributed by atoms with van der Waals surface area (Å²) in [4.78, 5) is 19.4. The van der Waals surface area contributed by atoms with E-state index in [2.05, 4.69) is 16.5 Å². The Morgan fingerprint density at radius 3 is 2.50 bits per heavy atom. The summed E-state index contributed by atoms with van der Waals surface area (Å²) in [6, 6.07) is 16.1. The second-order valence-corrected chi connectivity index (χ2v) is 8.80. The molecule has 6 nitrogen and oxygen atoms in total. The molecule has 0 saturated heterocycles. The number of benzene rings is 2. The van der Waals surface area contributed by atoms with E-state index in [9.17, 15) is 4.79 Å². The van der Waals surface area contributed by atoms with Crippen LogP contribution in [-0.2, 0) is 4.79 Å². The molecule has 1 amide bonds. The highest BCUT2D eigenvalue weighted by Gasteiger charge is 2.24. The number of amides is 1. The Morgan fingerprint density at radius 1 is 1.12 bits per heavy atom. The number of aromatic nitrogens is 2. The maximum absolute atomic E-state index is 12.9. The van der Waals surface area contributed by atoms with E-state index in [1.807, 2.05) is 74.3 Å². The maximum atomic E-state index is 12.9. The summed E-state index contributed by atoms with van der Waals surface area (Å²) >= 11 is 0. The third kappa shape index (κ3) is 6.10. The molecule has 4 rings (SSSR count). The molecule has 6 heteroatoms. The van der Waals surface area contributed by atoms with E-state index in [0.29, 0.717) is 18.4 Å². The normalized spacial score (nSPS) is 14.8. The molecule has 1 fully saturated rings. The number of hydrogen-bond donors (Lipinski definition) is 1. The van der Waals surface area contributed by atoms with Gasteiger partial charge in [0.25, 0.3) is 0 Å². The molecule has 1 heterocycles. The van der Waals surface area contributed by atoms with Crippen molar-refractivity contribution >= 4 is 22.9 Å². The van der Waals surface area contributed by atoms with Gasteiger partial charge in [-0.2, -0.15) is 0 Å². The highest BCUT2D eigenvalue weighted by atomic mass is 16.5. The monoisotopic (exact) mass is 464 g/mol. The molecule has 1 aromatic heterocycles. The Labute approximate surface area is 204 Å². The van der Waals surface area contributed by atoms with Crippen LogP contribution in [0.1, 0.15) is 78.2 Å². The number of nitrogens with two attached hydrogens (primary N) is 1. The lowest BCUT2D eigenvalue weighted by molar-refractivity contribution is -0.132. The number of imidazole rings is 1. The number of fused-ring (bicyclic) bond motifs is 1. The first-order valence-electron chi connectivity index (χ1n) is 12.8. The molecule has 34 heavy (non-hydrogen) atoms. The molecule has 2 aromatic carbocycles. The minimum Gasteiger partial charge on any atom is -0.457 e. The van der Waals surface area contributed by atoms with Gasteiger partial charge >= 0.3 is 0 Å². The van der Waals surface area contributed by atoms with E-state index < -0.39 is 0 Å². The summed E-state index contributed by atoms with van der Waals surface area (Å²) in [5.74, 6) is 2.24. The van der Waals surface area contributed by atoms with E-state index in [4.69, 9.17) is 10.5 Å². The van der Waals surface area contributed by atoms with Crippen LogP contribution in [0.4, 0.5) is 5.95 Å². The van der Waals surface area contributed by atoms with Crippen molar-refractivity contribution < 1.29 is 9.53 Å². The second kappa shape index (κ2) is 12.4. The zero-order valence-electron chi connectivity index (χ0n) is 21.2. The summed E-state index contributed by atoms with van der Waals surface area (Å²) in [6.45, 7) is 6.13. The van der Waals surface area contributed by atoms with Crippen molar-refractivity contribution in [1.29, 1.82) is 0 Å².